The maximum atomic E-state index is 12.4. The van der Waals surface area contributed by atoms with E-state index < -0.39 is 11.7 Å². The number of carbonyl (C=O) groups is 2. The van der Waals surface area contributed by atoms with Crippen LogP contribution in [0, 0.1) is 5.92 Å². The second kappa shape index (κ2) is 10.8. The molecule has 1 aromatic heterocycles. The van der Waals surface area contributed by atoms with Gasteiger partial charge in [0.05, 0.1) is 18.0 Å². The highest BCUT2D eigenvalue weighted by Gasteiger charge is 2.27. The summed E-state index contributed by atoms with van der Waals surface area (Å²) in [4.78, 5) is 30.8. The largest absolute Gasteiger partial charge is 0.449 e. The maximum Gasteiger partial charge on any atom is 0.411 e. The number of aliphatic hydroxyl groups is 1. The molecule has 0 spiro atoms. The van der Waals surface area contributed by atoms with Crippen molar-refractivity contribution in [2.24, 2.45) is 5.92 Å². The van der Waals surface area contributed by atoms with Crippen LogP contribution in [0.15, 0.2) is 29.6 Å². The molecule has 0 unspecified atom stereocenters. The Labute approximate surface area is 192 Å². The number of rotatable bonds is 6. The van der Waals surface area contributed by atoms with Crippen LogP contribution >= 0.6 is 11.3 Å². The van der Waals surface area contributed by atoms with Crippen molar-refractivity contribution in [2.45, 2.75) is 45.6 Å². The molecule has 0 aliphatic carbocycles. The van der Waals surface area contributed by atoms with Crippen LogP contribution in [0.5, 0.6) is 0 Å². The zero-order chi connectivity index (χ0) is 23.1. The highest BCUT2D eigenvalue weighted by atomic mass is 32.1. The number of ether oxygens (including phenoxy) is 2. The molecule has 8 nitrogen and oxygen atoms in total. The third kappa shape index (κ3) is 6.93. The molecule has 1 saturated heterocycles. The van der Waals surface area contributed by atoms with Crippen LogP contribution in [0.3, 0.4) is 0 Å². The molecule has 9 heteroatoms. The normalized spacial score (nSPS) is 14.8. The van der Waals surface area contributed by atoms with Gasteiger partial charge in [-0.05, 0) is 51.7 Å². The lowest BCUT2D eigenvalue weighted by Gasteiger charge is -2.33. The van der Waals surface area contributed by atoms with Crippen molar-refractivity contribution in [2.75, 3.05) is 31.6 Å². The summed E-state index contributed by atoms with van der Waals surface area (Å²) in [5.41, 5.74) is 1.75. The summed E-state index contributed by atoms with van der Waals surface area (Å²) >= 11 is 1.47. The van der Waals surface area contributed by atoms with Crippen molar-refractivity contribution < 1.29 is 24.2 Å². The lowest BCUT2D eigenvalue weighted by molar-refractivity contribution is 0.0153. The van der Waals surface area contributed by atoms with Gasteiger partial charge in [-0.3, -0.25) is 5.32 Å². The fourth-order valence-electron chi connectivity index (χ4n) is 3.39. The van der Waals surface area contributed by atoms with Crippen LogP contribution in [-0.2, 0) is 15.9 Å². The third-order valence-electron chi connectivity index (χ3n) is 5.03. The molecule has 1 fully saturated rings. The topological polar surface area (TPSA) is 101 Å². The van der Waals surface area contributed by atoms with Gasteiger partial charge in [0.1, 0.15) is 10.6 Å². The quantitative estimate of drug-likeness (QED) is 0.655. The predicted octanol–water partition coefficient (Wildman–Crippen LogP) is 4.54. The Balaban J connectivity index is 1.48. The van der Waals surface area contributed by atoms with Gasteiger partial charge in [0.15, 0.2) is 0 Å². The first-order chi connectivity index (χ1) is 15.2. The minimum absolute atomic E-state index is 0.0477. The van der Waals surface area contributed by atoms with Crippen molar-refractivity contribution in [1.82, 2.24) is 9.88 Å². The summed E-state index contributed by atoms with van der Waals surface area (Å²) in [7, 11) is 0. The molecule has 1 aromatic carbocycles. The van der Waals surface area contributed by atoms with Crippen LogP contribution in [0.2, 0.25) is 0 Å². The van der Waals surface area contributed by atoms with Gasteiger partial charge in [-0.1, -0.05) is 12.1 Å². The van der Waals surface area contributed by atoms with Crippen molar-refractivity contribution >= 4 is 29.2 Å². The number of para-hydroxylation sites is 1. The number of nitrogens with one attached hydrogen (secondary N) is 1. The Morgan fingerprint density at radius 3 is 2.66 bits per heavy atom. The second-order valence-corrected chi connectivity index (χ2v) is 9.66. The second-order valence-electron chi connectivity index (χ2n) is 8.80. The first kappa shape index (κ1) is 24.0. The Hall–Kier alpha value is -2.65. The van der Waals surface area contributed by atoms with Crippen molar-refractivity contribution in [1.29, 1.82) is 0 Å². The van der Waals surface area contributed by atoms with Crippen molar-refractivity contribution in [3.05, 3.63) is 35.3 Å². The summed E-state index contributed by atoms with van der Waals surface area (Å²) in [5.74, 6) is 0.203. The summed E-state index contributed by atoms with van der Waals surface area (Å²) in [6.07, 6.45) is 1.21. The van der Waals surface area contributed by atoms with E-state index in [4.69, 9.17) is 14.6 Å². The SMILES string of the molecule is CC(C)(C)OC(=O)N1CCC(COC(=O)Nc2ccccc2-c2nc(CCO)cs2)CC1. The highest BCUT2D eigenvalue weighted by molar-refractivity contribution is 7.13. The Morgan fingerprint density at radius 2 is 1.97 bits per heavy atom. The van der Waals surface area contributed by atoms with Gasteiger partial charge in [0, 0.05) is 37.1 Å². The van der Waals surface area contributed by atoms with Crippen LogP contribution in [0.25, 0.3) is 10.6 Å². The van der Waals surface area contributed by atoms with Crippen LogP contribution < -0.4 is 5.32 Å². The molecule has 1 aliphatic rings. The molecule has 0 bridgehead atoms. The van der Waals surface area contributed by atoms with Crippen LogP contribution in [-0.4, -0.2) is 59.1 Å². The summed E-state index contributed by atoms with van der Waals surface area (Å²) in [5, 5.41) is 14.6. The van der Waals surface area contributed by atoms with Crippen LogP contribution in [0.4, 0.5) is 15.3 Å². The van der Waals surface area contributed by atoms with E-state index in [2.05, 4.69) is 10.3 Å². The van der Waals surface area contributed by atoms with Gasteiger partial charge < -0.3 is 19.5 Å². The lowest BCUT2D eigenvalue weighted by atomic mass is 9.98. The molecule has 174 valence electrons. The summed E-state index contributed by atoms with van der Waals surface area (Å²) in [6, 6.07) is 7.43. The minimum Gasteiger partial charge on any atom is -0.449 e. The summed E-state index contributed by atoms with van der Waals surface area (Å²) in [6.45, 7) is 7.09. The Kier molecular flexibility index (Phi) is 8.09. The fraction of sp³-hybridized carbons (Fsp3) is 0.522. The molecular formula is C23H31N3O5S. The molecule has 0 atom stereocenters. The average Bonchev–Trinajstić information content (AvgIpc) is 3.20. The van der Waals surface area contributed by atoms with E-state index in [1.165, 1.54) is 11.3 Å². The molecule has 32 heavy (non-hydrogen) atoms. The number of hydrogen-bond acceptors (Lipinski definition) is 7. The smallest absolute Gasteiger partial charge is 0.411 e. The molecule has 1 aliphatic heterocycles. The number of amides is 2. The van der Waals surface area contributed by atoms with Crippen molar-refractivity contribution in [3.8, 4) is 10.6 Å². The van der Waals surface area contributed by atoms with E-state index in [0.29, 0.717) is 31.8 Å². The first-order valence-electron chi connectivity index (χ1n) is 10.8. The number of benzene rings is 1. The number of likely N-dealkylation sites (tertiary alicyclic amines) is 1. The zero-order valence-electron chi connectivity index (χ0n) is 18.8. The van der Waals surface area contributed by atoms with E-state index >= 15 is 0 Å². The number of aromatic nitrogens is 1. The number of thiazole rings is 1. The number of hydrogen-bond donors (Lipinski definition) is 2. The van der Waals surface area contributed by atoms with Crippen LogP contribution in [0.1, 0.15) is 39.3 Å². The van der Waals surface area contributed by atoms with Gasteiger partial charge in [-0.2, -0.15) is 0 Å². The maximum absolute atomic E-state index is 12.4. The molecular weight excluding hydrogens is 430 g/mol. The highest BCUT2D eigenvalue weighted by Crippen LogP contribution is 2.31. The molecule has 0 saturated carbocycles. The lowest BCUT2D eigenvalue weighted by Crippen LogP contribution is -2.42. The molecule has 3 rings (SSSR count). The number of carbonyl (C=O) groups excluding carboxylic acids is 2. The molecule has 2 amide bonds. The number of aliphatic hydroxyl groups excluding tert-OH is 1. The summed E-state index contributed by atoms with van der Waals surface area (Å²) < 4.78 is 10.9. The van der Waals surface area contributed by atoms with E-state index in [0.717, 1.165) is 29.1 Å². The zero-order valence-corrected chi connectivity index (χ0v) is 19.6. The number of piperidine rings is 1. The average molecular weight is 462 g/mol. The van der Waals surface area contributed by atoms with E-state index in [1.807, 2.05) is 50.4 Å². The van der Waals surface area contributed by atoms with Gasteiger partial charge in [-0.25, -0.2) is 14.6 Å². The minimum atomic E-state index is -0.515. The van der Waals surface area contributed by atoms with E-state index in [1.54, 1.807) is 4.90 Å². The Bertz CT molecular complexity index is 916. The number of nitrogens with zero attached hydrogens (tertiary/aromatic N) is 2. The molecule has 2 heterocycles. The van der Waals surface area contributed by atoms with Crippen molar-refractivity contribution in [3.63, 3.8) is 0 Å². The third-order valence-corrected chi connectivity index (χ3v) is 5.95. The Morgan fingerprint density at radius 1 is 1.25 bits per heavy atom. The molecule has 2 N–H and O–H groups in total. The standard InChI is InChI=1S/C23H31N3O5S/c1-23(2,3)31-22(29)26-11-8-16(9-12-26)14-30-21(28)25-19-7-5-4-6-18(19)20-24-17(10-13-27)15-32-20/h4-7,15-16,27H,8-14H2,1-3H3,(H,25,28). The fourth-order valence-corrected chi connectivity index (χ4v) is 4.28. The first-order valence-corrected chi connectivity index (χ1v) is 11.7. The van der Waals surface area contributed by atoms with Gasteiger partial charge >= 0.3 is 12.2 Å². The van der Waals surface area contributed by atoms with Gasteiger partial charge in [-0.15, -0.1) is 11.3 Å². The number of anilines is 1. The molecule has 2 aromatic rings. The van der Waals surface area contributed by atoms with E-state index in [-0.39, 0.29) is 18.6 Å². The monoisotopic (exact) mass is 461 g/mol. The molecule has 0 radical (unpaired) electrons. The van der Waals surface area contributed by atoms with E-state index in [9.17, 15) is 9.59 Å². The van der Waals surface area contributed by atoms with Gasteiger partial charge in [0.2, 0.25) is 0 Å². The van der Waals surface area contributed by atoms with Gasteiger partial charge in [0.25, 0.3) is 0 Å². The predicted molar refractivity (Wildman–Crippen MR) is 124 cm³/mol.